The third-order valence-electron chi connectivity index (χ3n) is 1.02. The summed E-state index contributed by atoms with van der Waals surface area (Å²) in [7, 11) is 0. The zero-order valence-corrected chi connectivity index (χ0v) is 6.55. The number of nitrogens with two attached hydrogens (primary N) is 1. The Balaban J connectivity index is 2.92. The van der Waals surface area contributed by atoms with E-state index in [9.17, 15) is 17.6 Å². The number of alkyl halides is 3. The average molecular weight is 212 g/mol. The van der Waals surface area contributed by atoms with Gasteiger partial charge in [0.1, 0.15) is 0 Å². The lowest BCUT2D eigenvalue weighted by Gasteiger charge is -2.06. The fraction of sp³-hybridized carbons (Fsp3) is 0.400. The quantitative estimate of drug-likeness (QED) is 0.717. The molecule has 1 heterocycles. The smallest absolute Gasteiger partial charge is 0.370 e. The molecular weight excluding hydrogens is 208 g/mol. The van der Waals surface area contributed by atoms with Crippen LogP contribution >= 0.6 is 0 Å². The molecule has 0 aliphatic rings. The Morgan fingerprint density at radius 3 is 2.36 bits per heavy atom. The Morgan fingerprint density at radius 1 is 1.21 bits per heavy atom. The van der Waals surface area contributed by atoms with Gasteiger partial charge in [0, 0.05) is 0 Å². The fourth-order valence-corrected chi connectivity index (χ4v) is 0.611. The van der Waals surface area contributed by atoms with Gasteiger partial charge in [-0.15, -0.1) is 18.2 Å². The highest BCUT2D eigenvalue weighted by Crippen LogP contribution is 2.18. The fourth-order valence-electron chi connectivity index (χ4n) is 0.611. The zero-order valence-electron chi connectivity index (χ0n) is 6.55. The van der Waals surface area contributed by atoms with E-state index in [1.54, 1.807) is 0 Å². The summed E-state index contributed by atoms with van der Waals surface area (Å²) in [6, 6.07) is -1.16. The molecule has 0 fully saturated rings. The molecule has 2 N–H and O–H groups in total. The van der Waals surface area contributed by atoms with Gasteiger partial charge in [-0.3, -0.25) is 0 Å². The number of nitrogens with zero attached hydrogens (tertiary/aromatic N) is 3. The topological polar surface area (TPSA) is 73.9 Å². The van der Waals surface area contributed by atoms with Gasteiger partial charge in [0.05, 0.1) is 6.54 Å². The molecule has 0 aliphatic heterocycles. The van der Waals surface area contributed by atoms with Crippen LogP contribution in [0.4, 0.5) is 17.6 Å². The van der Waals surface area contributed by atoms with Gasteiger partial charge in [-0.05, 0) is 0 Å². The van der Waals surface area contributed by atoms with Crippen molar-refractivity contribution in [3.63, 3.8) is 0 Å². The maximum atomic E-state index is 12.4. The van der Waals surface area contributed by atoms with E-state index >= 15 is 0 Å². The van der Waals surface area contributed by atoms with Crippen molar-refractivity contribution < 1.29 is 22.3 Å². The van der Waals surface area contributed by atoms with Crippen molar-refractivity contribution in [3.8, 4) is 6.01 Å². The molecule has 0 saturated heterocycles. The van der Waals surface area contributed by atoms with E-state index in [2.05, 4.69) is 19.7 Å². The van der Waals surface area contributed by atoms with Crippen molar-refractivity contribution in [2.75, 3.05) is 0 Å². The van der Waals surface area contributed by atoms with Crippen LogP contribution in [0.15, 0.2) is 0 Å². The van der Waals surface area contributed by atoms with E-state index in [1.807, 2.05) is 0 Å². The van der Waals surface area contributed by atoms with E-state index in [0.29, 0.717) is 0 Å². The van der Waals surface area contributed by atoms with E-state index in [0.717, 1.165) is 0 Å². The highest BCUT2D eigenvalue weighted by molar-refractivity contribution is 4.96. The summed E-state index contributed by atoms with van der Waals surface area (Å²) < 4.78 is 50.6. The maximum Gasteiger partial charge on any atom is 0.575 e. The molecule has 0 aliphatic carbocycles. The first-order chi connectivity index (χ1) is 6.40. The van der Waals surface area contributed by atoms with Crippen molar-refractivity contribution in [2.45, 2.75) is 12.9 Å². The van der Waals surface area contributed by atoms with E-state index in [1.165, 1.54) is 0 Å². The lowest BCUT2D eigenvalue weighted by atomic mass is 10.6. The first kappa shape index (κ1) is 10.6. The minimum atomic E-state index is -4.97. The van der Waals surface area contributed by atoms with Crippen molar-refractivity contribution in [3.05, 3.63) is 11.9 Å². The van der Waals surface area contributed by atoms with Crippen molar-refractivity contribution in [1.82, 2.24) is 15.0 Å². The largest absolute Gasteiger partial charge is 0.575 e. The molecule has 0 saturated carbocycles. The molecule has 0 amide bonds. The summed E-state index contributed by atoms with van der Waals surface area (Å²) in [4.78, 5) is 8.81. The number of hydrogen-bond donors (Lipinski definition) is 1. The van der Waals surface area contributed by atoms with E-state index in [-0.39, 0.29) is 12.4 Å². The second kappa shape index (κ2) is 3.70. The minimum absolute atomic E-state index is 0.312. The standard InChI is InChI=1S/C5H4F4N4O/c6-3-11-2(1-10)12-4(13-3)14-5(7,8)9/h1,10H2. The Hall–Kier alpha value is -1.51. The van der Waals surface area contributed by atoms with Crippen LogP contribution in [0.3, 0.4) is 0 Å². The SMILES string of the molecule is NCc1nc(F)nc(OC(F)(F)F)n1. The Labute approximate surface area is 74.9 Å². The van der Waals surface area contributed by atoms with Gasteiger partial charge in [0.15, 0.2) is 5.82 Å². The zero-order chi connectivity index (χ0) is 10.8. The van der Waals surface area contributed by atoms with Gasteiger partial charge in [0.2, 0.25) is 0 Å². The van der Waals surface area contributed by atoms with Crippen LogP contribution in [0.5, 0.6) is 6.01 Å². The molecule has 9 heteroatoms. The van der Waals surface area contributed by atoms with E-state index < -0.39 is 18.5 Å². The molecular formula is C5H4F4N4O. The molecule has 1 rings (SSSR count). The molecule has 0 unspecified atom stereocenters. The van der Waals surface area contributed by atoms with Crippen molar-refractivity contribution in [2.24, 2.45) is 5.73 Å². The molecule has 14 heavy (non-hydrogen) atoms. The van der Waals surface area contributed by atoms with Crippen LogP contribution in [-0.4, -0.2) is 21.3 Å². The monoisotopic (exact) mass is 212 g/mol. The third-order valence-corrected chi connectivity index (χ3v) is 1.02. The predicted octanol–water partition coefficient (Wildman–Crippen LogP) is 0.368. The van der Waals surface area contributed by atoms with Crippen LogP contribution in [0, 0.1) is 6.08 Å². The van der Waals surface area contributed by atoms with Crippen LogP contribution in [0.1, 0.15) is 5.82 Å². The number of halogens is 4. The molecule has 1 aromatic heterocycles. The van der Waals surface area contributed by atoms with Crippen LogP contribution in [0.25, 0.3) is 0 Å². The molecule has 0 aromatic carbocycles. The highest BCUT2D eigenvalue weighted by atomic mass is 19.4. The number of hydrogen-bond acceptors (Lipinski definition) is 5. The molecule has 5 nitrogen and oxygen atoms in total. The summed E-state index contributed by atoms with van der Waals surface area (Å²) in [5, 5.41) is 0. The minimum Gasteiger partial charge on any atom is -0.370 e. The van der Waals surface area contributed by atoms with Gasteiger partial charge < -0.3 is 10.5 Å². The van der Waals surface area contributed by atoms with Gasteiger partial charge in [-0.1, -0.05) is 0 Å². The van der Waals surface area contributed by atoms with E-state index in [4.69, 9.17) is 5.73 Å². The number of rotatable bonds is 2. The predicted molar refractivity (Wildman–Crippen MR) is 34.4 cm³/mol. The normalized spacial score (nSPS) is 11.5. The summed E-state index contributed by atoms with van der Waals surface area (Å²) in [6.07, 6.45) is -6.35. The molecule has 78 valence electrons. The van der Waals surface area contributed by atoms with Crippen LogP contribution in [0.2, 0.25) is 0 Å². The summed E-state index contributed by atoms with van der Waals surface area (Å²) >= 11 is 0. The second-order valence-electron chi connectivity index (χ2n) is 2.06. The third kappa shape index (κ3) is 3.09. The average Bonchev–Trinajstić information content (AvgIpc) is 1.99. The molecule has 0 radical (unpaired) electrons. The summed E-state index contributed by atoms with van der Waals surface area (Å²) in [5.74, 6) is -0.322. The van der Waals surface area contributed by atoms with Crippen LogP contribution < -0.4 is 10.5 Å². The Morgan fingerprint density at radius 2 is 1.86 bits per heavy atom. The Kier molecular flexibility index (Phi) is 2.79. The van der Waals surface area contributed by atoms with Crippen molar-refractivity contribution >= 4 is 0 Å². The lowest BCUT2D eigenvalue weighted by Crippen LogP contribution is -2.20. The molecule has 0 atom stereocenters. The molecule has 0 bridgehead atoms. The first-order valence-corrected chi connectivity index (χ1v) is 3.27. The summed E-state index contributed by atoms with van der Waals surface area (Å²) in [6.45, 7) is -0.312. The number of aromatic nitrogens is 3. The first-order valence-electron chi connectivity index (χ1n) is 3.27. The number of ether oxygens (including phenoxy) is 1. The lowest BCUT2D eigenvalue weighted by molar-refractivity contribution is -0.278. The maximum absolute atomic E-state index is 12.4. The second-order valence-corrected chi connectivity index (χ2v) is 2.06. The molecule has 1 aromatic rings. The molecule has 0 spiro atoms. The highest BCUT2D eigenvalue weighted by Gasteiger charge is 2.33. The van der Waals surface area contributed by atoms with Gasteiger partial charge >= 0.3 is 18.5 Å². The Bertz CT molecular complexity index is 328. The van der Waals surface area contributed by atoms with Crippen molar-refractivity contribution in [1.29, 1.82) is 0 Å². The summed E-state index contributed by atoms with van der Waals surface area (Å²) in [5.41, 5.74) is 5.00. The van der Waals surface area contributed by atoms with Gasteiger partial charge in [-0.2, -0.15) is 14.4 Å². The van der Waals surface area contributed by atoms with Gasteiger partial charge in [-0.25, -0.2) is 0 Å². The van der Waals surface area contributed by atoms with Gasteiger partial charge in [0.25, 0.3) is 0 Å². The van der Waals surface area contributed by atoms with Crippen LogP contribution in [-0.2, 0) is 6.54 Å².